The molecule has 0 aliphatic heterocycles. The van der Waals surface area contributed by atoms with E-state index in [1.165, 1.54) is 0 Å². The van der Waals surface area contributed by atoms with Crippen LogP contribution < -0.4 is 0 Å². The van der Waals surface area contributed by atoms with Crippen LogP contribution in [0.4, 0.5) is 0 Å². The fraction of sp³-hybridized carbons (Fsp3) is 0.0833. The molecule has 0 radical (unpaired) electrons. The first-order valence-corrected chi connectivity index (χ1v) is 5.89. The van der Waals surface area contributed by atoms with Crippen LogP contribution in [-0.2, 0) is 7.05 Å². The first-order chi connectivity index (χ1) is 8.75. The Balaban J connectivity index is 2.22. The highest BCUT2D eigenvalue weighted by molar-refractivity contribution is 7.71. The van der Waals surface area contributed by atoms with Crippen molar-refractivity contribution in [3.63, 3.8) is 0 Å². The topological polar surface area (TPSA) is 51.4 Å². The highest BCUT2D eigenvalue weighted by Gasteiger charge is 2.11. The fourth-order valence-corrected chi connectivity index (χ4v) is 2.04. The summed E-state index contributed by atoms with van der Waals surface area (Å²) in [5.74, 6) is 1.52. The number of nitrogens with one attached hydrogen (secondary N) is 1. The average Bonchev–Trinajstić information content (AvgIpc) is 2.96. The molecule has 0 saturated carbocycles. The van der Waals surface area contributed by atoms with Gasteiger partial charge in [-0.3, -0.25) is 9.78 Å². The molecule has 5 nitrogen and oxygen atoms in total. The highest BCUT2D eigenvalue weighted by atomic mass is 32.1. The third-order valence-electron chi connectivity index (χ3n) is 2.63. The predicted molar refractivity (Wildman–Crippen MR) is 71.0 cm³/mol. The molecule has 0 aliphatic carbocycles. The van der Waals surface area contributed by atoms with Gasteiger partial charge in [-0.05, 0) is 12.2 Å². The maximum atomic E-state index is 5.26. The zero-order valence-corrected chi connectivity index (χ0v) is 10.6. The summed E-state index contributed by atoms with van der Waals surface area (Å²) in [6.07, 6.45) is 1.87. The van der Waals surface area contributed by atoms with Gasteiger partial charge >= 0.3 is 0 Å². The quantitative estimate of drug-likeness (QED) is 0.717. The standard InChI is InChI=1S/C12H11N5S/c1-16-8-7-10(15-16)17-11(13-14-12(17)18)9-5-3-2-4-6-9/h2-8H,1H3,(H,14,18). The lowest BCUT2D eigenvalue weighted by molar-refractivity contribution is 0.750. The fourth-order valence-electron chi connectivity index (χ4n) is 1.81. The lowest BCUT2D eigenvalue weighted by atomic mass is 10.2. The van der Waals surface area contributed by atoms with E-state index in [4.69, 9.17) is 12.2 Å². The third kappa shape index (κ3) is 1.76. The monoisotopic (exact) mass is 257 g/mol. The second-order valence-corrected chi connectivity index (χ2v) is 4.29. The molecule has 0 unspecified atom stereocenters. The molecule has 1 aromatic carbocycles. The number of aryl methyl sites for hydroxylation is 1. The van der Waals surface area contributed by atoms with Gasteiger partial charge in [-0.15, -0.1) is 0 Å². The van der Waals surface area contributed by atoms with E-state index in [9.17, 15) is 0 Å². The number of nitrogens with zero attached hydrogens (tertiary/aromatic N) is 4. The molecule has 18 heavy (non-hydrogen) atoms. The summed E-state index contributed by atoms with van der Waals surface area (Å²) in [6.45, 7) is 0. The van der Waals surface area contributed by atoms with Crippen molar-refractivity contribution in [3.05, 3.63) is 47.4 Å². The molecule has 90 valence electrons. The molecule has 0 aliphatic rings. The normalized spacial score (nSPS) is 10.7. The van der Waals surface area contributed by atoms with Crippen molar-refractivity contribution in [2.45, 2.75) is 0 Å². The Hall–Kier alpha value is -2.21. The summed E-state index contributed by atoms with van der Waals surface area (Å²) in [5.41, 5.74) is 0.996. The van der Waals surface area contributed by atoms with Crippen LogP contribution >= 0.6 is 12.2 Å². The smallest absolute Gasteiger partial charge is 0.201 e. The summed E-state index contributed by atoms with van der Waals surface area (Å²) in [7, 11) is 1.87. The maximum Gasteiger partial charge on any atom is 0.201 e. The summed E-state index contributed by atoms with van der Waals surface area (Å²) in [5, 5.41) is 11.4. The van der Waals surface area contributed by atoms with Gasteiger partial charge in [0.2, 0.25) is 4.77 Å². The van der Waals surface area contributed by atoms with Crippen molar-refractivity contribution < 1.29 is 0 Å². The predicted octanol–water partition coefficient (Wildman–Crippen LogP) is 2.33. The van der Waals surface area contributed by atoms with Gasteiger partial charge in [0.15, 0.2) is 11.6 Å². The van der Waals surface area contributed by atoms with Crippen LogP contribution in [0.1, 0.15) is 0 Å². The summed E-state index contributed by atoms with van der Waals surface area (Å²) in [4.78, 5) is 0. The Kier molecular flexibility index (Phi) is 2.56. The van der Waals surface area contributed by atoms with Gasteiger partial charge in [0.05, 0.1) is 0 Å². The van der Waals surface area contributed by atoms with Crippen molar-refractivity contribution in [2.75, 3.05) is 0 Å². The molecule has 0 spiro atoms. The van der Waals surface area contributed by atoms with E-state index in [-0.39, 0.29) is 0 Å². The summed E-state index contributed by atoms with van der Waals surface area (Å²) < 4.78 is 4.09. The summed E-state index contributed by atoms with van der Waals surface area (Å²) >= 11 is 5.26. The van der Waals surface area contributed by atoms with Crippen LogP contribution in [0.15, 0.2) is 42.6 Å². The summed E-state index contributed by atoms with van der Waals surface area (Å²) in [6, 6.07) is 11.8. The number of benzene rings is 1. The van der Waals surface area contributed by atoms with E-state index in [0.29, 0.717) is 4.77 Å². The van der Waals surface area contributed by atoms with Crippen LogP contribution in [0.3, 0.4) is 0 Å². The zero-order valence-electron chi connectivity index (χ0n) is 9.74. The Morgan fingerprint density at radius 2 is 1.94 bits per heavy atom. The molecular formula is C12H11N5S. The number of hydrogen-bond acceptors (Lipinski definition) is 3. The van der Waals surface area contributed by atoms with Gasteiger partial charge in [0.25, 0.3) is 0 Å². The van der Waals surface area contributed by atoms with E-state index in [1.54, 1.807) is 4.68 Å². The molecule has 3 rings (SSSR count). The highest BCUT2D eigenvalue weighted by Crippen LogP contribution is 2.19. The Bertz CT molecular complexity index is 722. The minimum atomic E-state index is 0.535. The minimum Gasteiger partial charge on any atom is -0.274 e. The number of hydrogen-bond donors (Lipinski definition) is 1. The minimum absolute atomic E-state index is 0.535. The molecule has 0 saturated heterocycles. The molecule has 0 amide bonds. The van der Waals surface area contributed by atoms with Gasteiger partial charge in [0.1, 0.15) is 0 Å². The first kappa shape index (κ1) is 10.9. The van der Waals surface area contributed by atoms with E-state index in [1.807, 2.05) is 54.2 Å². The lowest BCUT2D eigenvalue weighted by Gasteiger charge is -2.02. The number of rotatable bonds is 2. The number of aromatic amines is 1. The van der Waals surface area contributed by atoms with E-state index >= 15 is 0 Å². The third-order valence-corrected chi connectivity index (χ3v) is 2.91. The number of H-pyrrole nitrogens is 1. The maximum absolute atomic E-state index is 5.26. The van der Waals surface area contributed by atoms with E-state index in [0.717, 1.165) is 17.2 Å². The molecular weight excluding hydrogens is 246 g/mol. The molecule has 2 aromatic heterocycles. The second-order valence-electron chi connectivity index (χ2n) is 3.90. The van der Waals surface area contributed by atoms with E-state index < -0.39 is 0 Å². The van der Waals surface area contributed by atoms with Gasteiger partial charge in [0, 0.05) is 24.9 Å². The van der Waals surface area contributed by atoms with Crippen molar-refractivity contribution in [2.24, 2.45) is 7.05 Å². The van der Waals surface area contributed by atoms with Crippen molar-refractivity contribution >= 4 is 12.2 Å². The van der Waals surface area contributed by atoms with Crippen molar-refractivity contribution in [1.29, 1.82) is 0 Å². The van der Waals surface area contributed by atoms with Gasteiger partial charge in [-0.25, -0.2) is 4.57 Å². The van der Waals surface area contributed by atoms with Gasteiger partial charge < -0.3 is 0 Å². The van der Waals surface area contributed by atoms with Crippen LogP contribution in [0.25, 0.3) is 17.2 Å². The van der Waals surface area contributed by atoms with Crippen LogP contribution in [-0.4, -0.2) is 24.5 Å². The molecule has 0 atom stereocenters. The molecule has 1 N–H and O–H groups in total. The largest absolute Gasteiger partial charge is 0.274 e. The molecule has 2 heterocycles. The SMILES string of the molecule is Cn1ccc(-n2c(-c3ccccc3)n[nH]c2=S)n1. The molecule has 6 heteroatoms. The van der Waals surface area contributed by atoms with Gasteiger partial charge in [-0.1, -0.05) is 30.3 Å². The number of aromatic nitrogens is 5. The average molecular weight is 257 g/mol. The molecule has 0 fully saturated rings. The molecule has 0 bridgehead atoms. The second kappa shape index (κ2) is 4.23. The molecule has 3 aromatic rings. The van der Waals surface area contributed by atoms with Crippen LogP contribution in [0.2, 0.25) is 0 Å². The van der Waals surface area contributed by atoms with Crippen LogP contribution in [0.5, 0.6) is 0 Å². The van der Waals surface area contributed by atoms with Crippen molar-refractivity contribution in [3.8, 4) is 17.2 Å². The van der Waals surface area contributed by atoms with Crippen LogP contribution in [0, 0.1) is 4.77 Å². The van der Waals surface area contributed by atoms with E-state index in [2.05, 4.69) is 15.3 Å². The first-order valence-electron chi connectivity index (χ1n) is 5.48. The lowest BCUT2D eigenvalue weighted by Crippen LogP contribution is -2.00. The Morgan fingerprint density at radius 1 is 1.17 bits per heavy atom. The Labute approximate surface area is 109 Å². The van der Waals surface area contributed by atoms with Crippen molar-refractivity contribution in [1.82, 2.24) is 24.5 Å². The Morgan fingerprint density at radius 3 is 2.61 bits per heavy atom. The van der Waals surface area contributed by atoms with Gasteiger partial charge in [-0.2, -0.15) is 10.2 Å². The zero-order chi connectivity index (χ0) is 12.5.